The number of hydrogen-bond acceptors (Lipinski definition) is 7. The Hall–Kier alpha value is -3.42. The number of carbonyl (C=O) groups is 1. The zero-order valence-corrected chi connectivity index (χ0v) is 18.2. The number of nitrogens with one attached hydrogen (secondary N) is 1. The maximum absolute atomic E-state index is 11.8. The van der Waals surface area contributed by atoms with Crippen LogP contribution in [0.2, 0.25) is 0 Å². The predicted octanol–water partition coefficient (Wildman–Crippen LogP) is 2.72. The summed E-state index contributed by atoms with van der Waals surface area (Å²) in [5.74, 6) is 0.257. The predicted molar refractivity (Wildman–Crippen MR) is 121 cm³/mol. The summed E-state index contributed by atoms with van der Waals surface area (Å²) in [5, 5.41) is 17.5. The number of ether oxygens (including phenoxy) is 2. The summed E-state index contributed by atoms with van der Waals surface area (Å²) in [6, 6.07) is 12.6. The molecule has 0 unspecified atom stereocenters. The van der Waals surface area contributed by atoms with Gasteiger partial charge in [-0.1, -0.05) is 0 Å². The average molecular weight is 427 g/mol. The number of phenols is 1. The van der Waals surface area contributed by atoms with Crippen molar-refractivity contribution in [2.75, 3.05) is 42.6 Å². The Balaban J connectivity index is 1.56. The molecule has 8 nitrogen and oxygen atoms in total. The molecule has 0 atom stereocenters. The Bertz CT molecular complexity index is 930. The van der Waals surface area contributed by atoms with Crippen LogP contribution < -0.4 is 20.3 Å². The zero-order valence-electron chi connectivity index (χ0n) is 18.2. The number of piperazine rings is 1. The van der Waals surface area contributed by atoms with E-state index in [1.165, 1.54) is 6.07 Å². The number of carbonyl (C=O) groups excluding carboxylic acids is 1. The number of benzene rings is 2. The molecule has 166 valence electrons. The first-order chi connectivity index (χ1) is 14.6. The van der Waals surface area contributed by atoms with Gasteiger partial charge in [-0.3, -0.25) is 5.41 Å². The Morgan fingerprint density at radius 2 is 1.68 bits per heavy atom. The zero-order chi connectivity index (χ0) is 22.6. The van der Waals surface area contributed by atoms with Crippen molar-refractivity contribution < 1.29 is 19.4 Å². The number of rotatable bonds is 6. The highest BCUT2D eigenvalue weighted by atomic mass is 16.6. The van der Waals surface area contributed by atoms with Crippen LogP contribution in [0.3, 0.4) is 0 Å². The number of nitrogen functional groups attached to an aromatic ring is 1. The van der Waals surface area contributed by atoms with Crippen LogP contribution in [0.4, 0.5) is 11.4 Å². The Morgan fingerprint density at radius 3 is 2.26 bits per heavy atom. The second kappa shape index (κ2) is 9.16. The summed E-state index contributed by atoms with van der Waals surface area (Å²) in [6.45, 7) is 8.48. The van der Waals surface area contributed by atoms with Crippen LogP contribution in [0.5, 0.6) is 11.5 Å². The van der Waals surface area contributed by atoms with Crippen LogP contribution in [0.25, 0.3) is 0 Å². The van der Waals surface area contributed by atoms with Gasteiger partial charge in [0.1, 0.15) is 22.9 Å². The molecule has 2 aromatic carbocycles. The van der Waals surface area contributed by atoms with Gasteiger partial charge in [-0.2, -0.15) is 0 Å². The minimum atomic E-state index is -0.530. The average Bonchev–Trinajstić information content (AvgIpc) is 2.71. The molecular formula is C23H30N4O4. The molecule has 1 saturated heterocycles. The maximum atomic E-state index is 11.8. The minimum Gasteiger partial charge on any atom is -0.508 e. The molecule has 2 aromatic rings. The first-order valence-corrected chi connectivity index (χ1v) is 10.2. The molecule has 31 heavy (non-hydrogen) atoms. The van der Waals surface area contributed by atoms with Crippen molar-refractivity contribution in [1.29, 1.82) is 5.41 Å². The SMILES string of the molecule is CC(C)(C)OC(=O)COc1ccc(N2CCN(c3ccc(O)cc3C(=N)N)CC2)cc1. The summed E-state index contributed by atoms with van der Waals surface area (Å²) in [6.07, 6.45) is 0. The highest BCUT2D eigenvalue weighted by molar-refractivity contribution is 6.01. The van der Waals surface area contributed by atoms with Crippen molar-refractivity contribution in [2.24, 2.45) is 5.73 Å². The second-order valence-corrected chi connectivity index (χ2v) is 8.46. The maximum Gasteiger partial charge on any atom is 0.344 e. The first kappa shape index (κ1) is 22.3. The molecule has 8 heteroatoms. The molecule has 0 aliphatic carbocycles. The summed E-state index contributed by atoms with van der Waals surface area (Å²) in [5.41, 5.74) is 7.63. The third-order valence-electron chi connectivity index (χ3n) is 4.87. The number of amidine groups is 1. The van der Waals surface area contributed by atoms with Crippen molar-refractivity contribution in [2.45, 2.75) is 26.4 Å². The third-order valence-corrected chi connectivity index (χ3v) is 4.87. The van der Waals surface area contributed by atoms with Crippen molar-refractivity contribution in [3.63, 3.8) is 0 Å². The number of aromatic hydroxyl groups is 1. The first-order valence-electron chi connectivity index (χ1n) is 10.2. The van der Waals surface area contributed by atoms with E-state index >= 15 is 0 Å². The normalized spacial score (nSPS) is 14.3. The standard InChI is InChI=1S/C23H30N4O4/c1-23(2,3)31-21(29)15-30-18-7-4-16(5-8-18)26-10-12-27(13-11-26)20-9-6-17(28)14-19(20)22(24)25/h4-9,14,28H,10-13,15H2,1-3H3,(H3,24,25). The van der Waals surface area contributed by atoms with Gasteiger partial charge in [0.25, 0.3) is 0 Å². The number of phenolic OH excluding ortho intramolecular Hbond substituents is 1. The monoisotopic (exact) mass is 426 g/mol. The number of nitrogens with zero attached hydrogens (tertiary/aromatic N) is 2. The van der Waals surface area contributed by atoms with Gasteiger partial charge in [0.15, 0.2) is 6.61 Å². The smallest absolute Gasteiger partial charge is 0.344 e. The quantitative estimate of drug-likeness (QED) is 0.370. The van der Waals surface area contributed by atoms with Crippen molar-refractivity contribution in [1.82, 2.24) is 0 Å². The van der Waals surface area contributed by atoms with Gasteiger partial charge >= 0.3 is 5.97 Å². The van der Waals surface area contributed by atoms with E-state index in [0.29, 0.717) is 11.3 Å². The van der Waals surface area contributed by atoms with E-state index in [1.54, 1.807) is 12.1 Å². The fourth-order valence-corrected chi connectivity index (χ4v) is 3.49. The van der Waals surface area contributed by atoms with Crippen LogP contribution in [-0.4, -0.2) is 55.3 Å². The van der Waals surface area contributed by atoms with E-state index in [1.807, 2.05) is 45.0 Å². The number of esters is 1. The Labute approximate surface area is 182 Å². The lowest BCUT2D eigenvalue weighted by Crippen LogP contribution is -2.47. The molecular weight excluding hydrogens is 396 g/mol. The van der Waals surface area contributed by atoms with Crippen LogP contribution in [0.15, 0.2) is 42.5 Å². The molecule has 4 N–H and O–H groups in total. The summed E-state index contributed by atoms with van der Waals surface area (Å²) in [7, 11) is 0. The lowest BCUT2D eigenvalue weighted by atomic mass is 10.1. The fraction of sp³-hybridized carbons (Fsp3) is 0.391. The van der Waals surface area contributed by atoms with Crippen molar-refractivity contribution >= 4 is 23.2 Å². The van der Waals surface area contributed by atoms with Gasteiger partial charge in [0, 0.05) is 43.1 Å². The molecule has 0 spiro atoms. The van der Waals surface area contributed by atoms with Gasteiger partial charge in [-0.15, -0.1) is 0 Å². The lowest BCUT2D eigenvalue weighted by Gasteiger charge is -2.38. The van der Waals surface area contributed by atoms with E-state index in [4.69, 9.17) is 20.6 Å². The van der Waals surface area contributed by atoms with Crippen LogP contribution in [0.1, 0.15) is 26.3 Å². The topological polar surface area (TPSA) is 112 Å². The van der Waals surface area contributed by atoms with Crippen LogP contribution in [-0.2, 0) is 9.53 Å². The highest BCUT2D eigenvalue weighted by Gasteiger charge is 2.21. The largest absolute Gasteiger partial charge is 0.508 e. The van der Waals surface area contributed by atoms with Gasteiger partial charge < -0.3 is 30.1 Å². The van der Waals surface area contributed by atoms with Gasteiger partial charge in [-0.25, -0.2) is 4.79 Å². The Kier molecular flexibility index (Phi) is 6.58. The number of hydrogen-bond donors (Lipinski definition) is 3. The summed E-state index contributed by atoms with van der Waals surface area (Å²) < 4.78 is 10.8. The van der Waals surface area contributed by atoms with Crippen LogP contribution >= 0.6 is 0 Å². The molecule has 3 rings (SSSR count). The summed E-state index contributed by atoms with van der Waals surface area (Å²) >= 11 is 0. The van der Waals surface area contributed by atoms with Crippen LogP contribution in [0, 0.1) is 5.41 Å². The second-order valence-electron chi connectivity index (χ2n) is 8.46. The summed E-state index contributed by atoms with van der Waals surface area (Å²) in [4.78, 5) is 16.2. The van der Waals surface area contributed by atoms with Crippen molar-refractivity contribution in [3.05, 3.63) is 48.0 Å². The van der Waals surface area contributed by atoms with E-state index in [9.17, 15) is 9.90 Å². The molecule has 0 saturated carbocycles. The number of nitrogens with two attached hydrogens (primary N) is 1. The molecule has 1 fully saturated rings. The van der Waals surface area contributed by atoms with Gasteiger partial charge in [0.05, 0.1) is 0 Å². The van der Waals surface area contributed by atoms with Gasteiger partial charge in [-0.05, 0) is 63.2 Å². The number of anilines is 2. The molecule has 1 aliphatic heterocycles. The molecule has 0 radical (unpaired) electrons. The van der Waals surface area contributed by atoms with Crippen molar-refractivity contribution in [3.8, 4) is 11.5 Å². The fourth-order valence-electron chi connectivity index (χ4n) is 3.49. The molecule has 0 amide bonds. The molecule has 0 bridgehead atoms. The molecule has 0 aromatic heterocycles. The van der Waals surface area contributed by atoms with E-state index in [0.717, 1.165) is 37.6 Å². The molecule has 1 aliphatic rings. The molecule has 1 heterocycles. The minimum absolute atomic E-state index is 0.0599. The van der Waals surface area contributed by atoms with E-state index < -0.39 is 11.6 Å². The van der Waals surface area contributed by atoms with E-state index in [-0.39, 0.29) is 18.2 Å². The highest BCUT2D eigenvalue weighted by Crippen LogP contribution is 2.27. The Morgan fingerprint density at radius 1 is 1.06 bits per heavy atom. The lowest BCUT2D eigenvalue weighted by molar-refractivity contribution is -0.157. The third kappa shape index (κ3) is 6.04. The van der Waals surface area contributed by atoms with Gasteiger partial charge in [0.2, 0.25) is 0 Å². The van der Waals surface area contributed by atoms with E-state index in [2.05, 4.69) is 9.80 Å².